The Kier molecular flexibility index (Phi) is 19.4. The fourth-order valence-electron chi connectivity index (χ4n) is 5.74. The van der Waals surface area contributed by atoms with Gasteiger partial charge in [0.2, 0.25) is 0 Å². The van der Waals surface area contributed by atoms with E-state index < -0.39 is 8.07 Å². The standard InChI is InChI=1S/C35H44Si.3CH5N/c1-4-7-12-29-17-23-33(24-18-29)36(32-15-10-11-16-32,34-25-19-30(20-26-34)13-8-5-2)35-27-21-31(22-28-35)14-9-6-3;3*1-2/h10-11,15-28,32H,4-9,12-14H2,1-3H3;3*2H2,1H3. The summed E-state index contributed by atoms with van der Waals surface area (Å²) in [6.45, 7) is 6.83. The Hall–Kier alpha value is -2.76. The molecule has 1 aliphatic carbocycles. The third-order valence-electron chi connectivity index (χ3n) is 7.93. The number of aryl methyl sites for hydroxylation is 3. The molecule has 6 N–H and O–H groups in total. The summed E-state index contributed by atoms with van der Waals surface area (Å²) >= 11 is 0. The maximum absolute atomic E-state index is 4.50. The van der Waals surface area contributed by atoms with Crippen LogP contribution in [0.4, 0.5) is 0 Å². The molecule has 0 heterocycles. The van der Waals surface area contributed by atoms with Crippen LogP contribution in [0.1, 0.15) is 76.0 Å². The summed E-state index contributed by atoms with van der Waals surface area (Å²) in [5.74, 6) is 0. The van der Waals surface area contributed by atoms with Gasteiger partial charge in [0.1, 0.15) is 0 Å². The van der Waals surface area contributed by atoms with Crippen molar-refractivity contribution in [3.8, 4) is 0 Å². The number of nitrogens with two attached hydrogens (primary N) is 3. The Morgan fingerprint density at radius 3 is 0.952 bits per heavy atom. The summed E-state index contributed by atoms with van der Waals surface area (Å²) in [6, 6.07) is 29.2. The van der Waals surface area contributed by atoms with Crippen LogP contribution >= 0.6 is 0 Å². The lowest BCUT2D eigenvalue weighted by Gasteiger charge is -2.38. The number of hydrogen-bond acceptors (Lipinski definition) is 3. The van der Waals surface area contributed by atoms with Crippen molar-refractivity contribution in [1.82, 2.24) is 0 Å². The lowest BCUT2D eigenvalue weighted by Crippen LogP contribution is -2.69. The molecule has 0 amide bonds. The highest BCUT2D eigenvalue weighted by Gasteiger charge is 2.45. The maximum atomic E-state index is 4.50. The van der Waals surface area contributed by atoms with Gasteiger partial charge < -0.3 is 17.2 Å². The van der Waals surface area contributed by atoms with Gasteiger partial charge >= 0.3 is 0 Å². The van der Waals surface area contributed by atoms with Crippen molar-refractivity contribution in [2.75, 3.05) is 21.1 Å². The van der Waals surface area contributed by atoms with Crippen molar-refractivity contribution in [3.05, 3.63) is 114 Å². The first-order chi connectivity index (χ1) is 20.7. The Labute approximate surface area is 259 Å². The van der Waals surface area contributed by atoms with Crippen LogP contribution in [0.25, 0.3) is 0 Å². The van der Waals surface area contributed by atoms with Crippen molar-refractivity contribution in [3.63, 3.8) is 0 Å². The first-order valence-corrected chi connectivity index (χ1v) is 18.2. The normalized spacial score (nSPS) is 12.0. The zero-order chi connectivity index (χ0) is 31.2. The summed E-state index contributed by atoms with van der Waals surface area (Å²) in [5, 5.41) is 4.56. The van der Waals surface area contributed by atoms with Crippen LogP contribution in [0.3, 0.4) is 0 Å². The Morgan fingerprint density at radius 2 is 0.714 bits per heavy atom. The molecule has 0 aromatic heterocycles. The van der Waals surface area contributed by atoms with Gasteiger partial charge in [-0.2, -0.15) is 0 Å². The Morgan fingerprint density at radius 1 is 0.452 bits per heavy atom. The van der Waals surface area contributed by atoms with E-state index in [-0.39, 0.29) is 0 Å². The molecule has 4 heteroatoms. The molecule has 3 aromatic carbocycles. The molecular weight excluding hydrogens is 527 g/mol. The van der Waals surface area contributed by atoms with Crippen LogP contribution in [0.15, 0.2) is 97.1 Å². The number of unbranched alkanes of at least 4 members (excludes halogenated alkanes) is 3. The van der Waals surface area contributed by atoms with Crippen molar-refractivity contribution in [2.45, 2.75) is 84.1 Å². The van der Waals surface area contributed by atoms with Gasteiger partial charge in [-0.15, -0.1) is 0 Å². The van der Waals surface area contributed by atoms with Crippen molar-refractivity contribution >= 4 is 23.6 Å². The maximum Gasteiger partial charge on any atom is 0.158 e. The van der Waals surface area contributed by atoms with Crippen molar-refractivity contribution in [1.29, 1.82) is 0 Å². The highest BCUT2D eigenvalue weighted by atomic mass is 28.3. The predicted molar refractivity (Wildman–Crippen MR) is 192 cm³/mol. The highest BCUT2D eigenvalue weighted by molar-refractivity contribution is 7.13. The van der Waals surface area contributed by atoms with Gasteiger partial charge in [-0.25, -0.2) is 0 Å². The molecular formula is C38H59N3Si. The summed E-state index contributed by atoms with van der Waals surface area (Å²) in [7, 11) is 2.17. The lowest BCUT2D eigenvalue weighted by atomic mass is 10.1. The molecule has 42 heavy (non-hydrogen) atoms. The second kappa shape index (κ2) is 21.9. The first-order valence-electron chi connectivity index (χ1n) is 16.1. The Bertz CT molecular complexity index is 995. The van der Waals surface area contributed by atoms with Crippen molar-refractivity contribution in [2.24, 2.45) is 17.2 Å². The summed E-state index contributed by atoms with van der Waals surface area (Å²) in [5.41, 5.74) is 18.3. The summed E-state index contributed by atoms with van der Waals surface area (Å²) in [6.07, 6.45) is 20.4. The lowest BCUT2D eigenvalue weighted by molar-refractivity contribution is 0.795. The zero-order valence-electron chi connectivity index (χ0n) is 27.4. The highest BCUT2D eigenvalue weighted by Crippen LogP contribution is 2.29. The van der Waals surface area contributed by atoms with Gasteiger partial charge in [-0.3, -0.25) is 0 Å². The number of benzene rings is 3. The minimum absolute atomic E-state index is 0.418. The van der Waals surface area contributed by atoms with E-state index in [0.29, 0.717) is 5.54 Å². The smallest absolute Gasteiger partial charge is 0.158 e. The van der Waals surface area contributed by atoms with Crippen LogP contribution in [0.5, 0.6) is 0 Å². The van der Waals surface area contributed by atoms with E-state index in [1.165, 1.54) is 111 Å². The van der Waals surface area contributed by atoms with Gasteiger partial charge in [0.25, 0.3) is 0 Å². The molecule has 3 aromatic rings. The third kappa shape index (κ3) is 9.91. The van der Waals surface area contributed by atoms with Gasteiger partial charge in [0.15, 0.2) is 8.07 Å². The molecule has 0 atom stereocenters. The molecule has 0 spiro atoms. The van der Waals surface area contributed by atoms with Crippen LogP contribution in [0.2, 0.25) is 5.54 Å². The molecule has 3 nitrogen and oxygen atoms in total. The third-order valence-corrected chi connectivity index (χ3v) is 13.0. The average molecular weight is 586 g/mol. The topological polar surface area (TPSA) is 78.1 Å². The van der Waals surface area contributed by atoms with Gasteiger partial charge in [0, 0.05) is 5.54 Å². The SMILES string of the molecule is CCCCc1ccc([Si](c2ccc(CCCC)cc2)(c2ccc(CCCC)cc2)C2C=CC=C2)cc1.CN.CN.CN. The summed E-state index contributed by atoms with van der Waals surface area (Å²) in [4.78, 5) is 0. The van der Waals surface area contributed by atoms with E-state index in [9.17, 15) is 0 Å². The average Bonchev–Trinajstić information content (AvgIpc) is 3.62. The quantitative estimate of drug-likeness (QED) is 0.160. The minimum atomic E-state index is -2.33. The minimum Gasteiger partial charge on any atom is -0.333 e. The number of allylic oxidation sites excluding steroid dienone is 4. The largest absolute Gasteiger partial charge is 0.333 e. The fraction of sp³-hybridized carbons (Fsp3) is 0.421. The molecule has 0 saturated heterocycles. The van der Waals surface area contributed by atoms with Gasteiger partial charge in [-0.1, -0.05) is 137 Å². The fourth-order valence-corrected chi connectivity index (χ4v) is 10.8. The van der Waals surface area contributed by atoms with Crippen LogP contribution in [-0.2, 0) is 19.3 Å². The van der Waals surface area contributed by atoms with E-state index in [4.69, 9.17) is 0 Å². The molecule has 230 valence electrons. The Balaban J connectivity index is 0.00000138. The molecule has 0 unspecified atom stereocenters. The van der Waals surface area contributed by atoms with E-state index in [2.05, 4.69) is 135 Å². The van der Waals surface area contributed by atoms with Crippen molar-refractivity contribution < 1.29 is 0 Å². The molecule has 0 fully saturated rings. The molecule has 1 aliphatic rings. The molecule has 4 rings (SSSR count). The molecule has 0 saturated carbocycles. The van der Waals surface area contributed by atoms with Crippen LogP contribution < -0.4 is 32.8 Å². The van der Waals surface area contributed by atoms with Gasteiger partial charge in [-0.05, 0) is 91.9 Å². The number of rotatable bonds is 13. The van der Waals surface area contributed by atoms with E-state index in [0.717, 1.165) is 0 Å². The van der Waals surface area contributed by atoms with Crippen LogP contribution in [0, 0.1) is 0 Å². The monoisotopic (exact) mass is 585 g/mol. The molecule has 0 bridgehead atoms. The van der Waals surface area contributed by atoms with E-state index >= 15 is 0 Å². The molecule has 0 aliphatic heterocycles. The zero-order valence-corrected chi connectivity index (χ0v) is 28.4. The second-order valence-corrected chi connectivity index (χ2v) is 14.5. The summed E-state index contributed by atoms with van der Waals surface area (Å²) < 4.78 is 0. The van der Waals surface area contributed by atoms with Crippen LogP contribution in [-0.4, -0.2) is 29.2 Å². The first kappa shape index (κ1) is 37.3. The van der Waals surface area contributed by atoms with E-state index in [1.54, 1.807) is 0 Å². The van der Waals surface area contributed by atoms with E-state index in [1.807, 2.05) is 0 Å². The van der Waals surface area contributed by atoms with Gasteiger partial charge in [0.05, 0.1) is 0 Å². The second-order valence-electron chi connectivity index (χ2n) is 10.5. The number of hydrogen-bond donors (Lipinski definition) is 3. The predicted octanol–water partition coefficient (Wildman–Crippen LogP) is 6.41. The molecule has 0 radical (unpaired) electrons.